The monoisotopic (exact) mass is 375 g/mol. The lowest BCUT2D eigenvalue weighted by Crippen LogP contribution is -2.14. The zero-order valence-electron chi connectivity index (χ0n) is 13.2. The number of halogens is 1. The maximum atomic E-state index is 12.6. The van der Waals surface area contributed by atoms with E-state index in [-0.39, 0.29) is 15.8 Å². The number of sulfonamides is 1. The number of amides is 1. The first-order valence-corrected chi connectivity index (χ1v) is 9.17. The lowest BCUT2D eigenvalue weighted by molar-refractivity contribution is -0.114. The highest BCUT2D eigenvalue weighted by atomic mass is 35.5. The molecule has 128 valence electrons. The van der Waals surface area contributed by atoms with E-state index in [4.69, 9.17) is 11.6 Å². The van der Waals surface area contributed by atoms with Crippen molar-refractivity contribution < 1.29 is 13.2 Å². The topological polar surface area (TPSA) is 88.2 Å². The molecule has 0 saturated heterocycles. The molecular weight excluding hydrogens is 362 g/mol. The third-order valence-electron chi connectivity index (χ3n) is 3.44. The van der Waals surface area contributed by atoms with Crippen LogP contribution in [-0.2, 0) is 14.8 Å². The average Bonchev–Trinajstić information content (AvgIpc) is 2.56. The van der Waals surface area contributed by atoms with Gasteiger partial charge in [-0.15, -0.1) is 0 Å². The van der Waals surface area contributed by atoms with Crippen molar-refractivity contribution in [3.8, 4) is 0 Å². The lowest BCUT2D eigenvalue weighted by atomic mass is 10.2. The van der Waals surface area contributed by atoms with Crippen molar-refractivity contribution in [3.63, 3.8) is 0 Å². The molecule has 2 N–H and O–H groups in total. The van der Waals surface area contributed by atoms with Gasteiger partial charge in [0.05, 0.1) is 26.8 Å². The molecule has 0 spiro atoms. The summed E-state index contributed by atoms with van der Waals surface area (Å²) in [6.07, 6.45) is 1.60. The van der Waals surface area contributed by atoms with Crippen molar-refractivity contribution in [2.24, 2.45) is 0 Å². The van der Waals surface area contributed by atoms with E-state index < -0.39 is 10.0 Å². The predicted octanol–water partition coefficient (Wildman–Crippen LogP) is 3.65. The third kappa shape index (κ3) is 3.72. The number of pyridine rings is 1. The molecule has 0 saturated carbocycles. The first kappa shape index (κ1) is 17.2. The van der Waals surface area contributed by atoms with E-state index in [0.29, 0.717) is 16.9 Å². The summed E-state index contributed by atoms with van der Waals surface area (Å²) in [6.45, 7) is 1.34. The molecule has 8 heteroatoms. The second-order valence-electron chi connectivity index (χ2n) is 5.31. The average molecular weight is 376 g/mol. The molecule has 0 aliphatic rings. The summed E-state index contributed by atoms with van der Waals surface area (Å²) in [5.41, 5.74) is 1.27. The number of benzene rings is 2. The minimum Gasteiger partial charge on any atom is -0.325 e. The Morgan fingerprint density at radius 3 is 2.56 bits per heavy atom. The number of para-hydroxylation sites is 1. The van der Waals surface area contributed by atoms with Gasteiger partial charge >= 0.3 is 0 Å². The van der Waals surface area contributed by atoms with Gasteiger partial charge in [-0.1, -0.05) is 29.8 Å². The van der Waals surface area contributed by atoms with Crippen molar-refractivity contribution in [1.82, 2.24) is 4.98 Å². The number of carbonyl (C=O) groups excluding carboxylic acids is 1. The zero-order valence-corrected chi connectivity index (χ0v) is 14.7. The van der Waals surface area contributed by atoms with Crippen LogP contribution in [0.4, 0.5) is 11.4 Å². The molecule has 3 rings (SSSR count). The Bertz CT molecular complexity index is 1060. The summed E-state index contributed by atoms with van der Waals surface area (Å²) in [4.78, 5) is 15.3. The van der Waals surface area contributed by atoms with Gasteiger partial charge in [-0.05, 0) is 30.3 Å². The van der Waals surface area contributed by atoms with E-state index >= 15 is 0 Å². The number of fused-ring (bicyclic) bond motifs is 1. The van der Waals surface area contributed by atoms with Gasteiger partial charge < -0.3 is 5.32 Å². The Kier molecular flexibility index (Phi) is 4.61. The van der Waals surface area contributed by atoms with Crippen LogP contribution in [0, 0.1) is 0 Å². The van der Waals surface area contributed by atoms with Gasteiger partial charge in [0.2, 0.25) is 5.91 Å². The summed E-state index contributed by atoms with van der Waals surface area (Å²) >= 11 is 6.06. The largest absolute Gasteiger partial charge is 0.325 e. The van der Waals surface area contributed by atoms with Crippen LogP contribution in [-0.4, -0.2) is 19.3 Å². The van der Waals surface area contributed by atoms with Crippen molar-refractivity contribution in [2.45, 2.75) is 11.8 Å². The second-order valence-corrected chi connectivity index (χ2v) is 7.40. The Balaban J connectivity index is 1.96. The maximum absolute atomic E-state index is 12.6. The quantitative estimate of drug-likeness (QED) is 0.728. The minimum absolute atomic E-state index is 0.0143. The molecule has 0 radical (unpaired) electrons. The van der Waals surface area contributed by atoms with Crippen LogP contribution >= 0.6 is 11.6 Å². The normalized spacial score (nSPS) is 11.3. The first-order chi connectivity index (χ1) is 11.9. The van der Waals surface area contributed by atoms with Crippen LogP contribution in [0.1, 0.15) is 6.92 Å². The molecule has 0 fully saturated rings. The number of aromatic nitrogens is 1. The highest BCUT2D eigenvalue weighted by molar-refractivity contribution is 7.92. The van der Waals surface area contributed by atoms with Crippen LogP contribution in [0.3, 0.4) is 0 Å². The Morgan fingerprint density at radius 2 is 1.84 bits per heavy atom. The number of hydrogen-bond acceptors (Lipinski definition) is 4. The molecule has 2 aromatic carbocycles. The van der Waals surface area contributed by atoms with Crippen molar-refractivity contribution in [3.05, 3.63) is 59.8 Å². The highest BCUT2D eigenvalue weighted by Gasteiger charge is 2.17. The van der Waals surface area contributed by atoms with E-state index in [1.165, 1.54) is 25.1 Å². The van der Waals surface area contributed by atoms with Gasteiger partial charge in [-0.25, -0.2) is 8.42 Å². The number of anilines is 2. The molecule has 3 aromatic rings. The summed E-state index contributed by atoms with van der Waals surface area (Å²) in [6, 6.07) is 13.0. The van der Waals surface area contributed by atoms with E-state index in [9.17, 15) is 13.2 Å². The molecule has 0 aliphatic carbocycles. The molecule has 1 heterocycles. The van der Waals surface area contributed by atoms with Gasteiger partial charge in [0.25, 0.3) is 10.0 Å². The van der Waals surface area contributed by atoms with Gasteiger partial charge in [-0.3, -0.25) is 14.5 Å². The molecule has 6 nitrogen and oxygen atoms in total. The summed E-state index contributed by atoms with van der Waals surface area (Å²) in [5.74, 6) is -0.294. The number of nitrogens with one attached hydrogen (secondary N) is 2. The molecular formula is C17H14ClN3O3S. The van der Waals surface area contributed by atoms with E-state index in [1.54, 1.807) is 24.4 Å². The fourth-order valence-corrected chi connectivity index (χ4v) is 3.73. The van der Waals surface area contributed by atoms with Crippen molar-refractivity contribution >= 4 is 49.8 Å². The van der Waals surface area contributed by atoms with Crippen molar-refractivity contribution in [1.29, 1.82) is 0 Å². The second kappa shape index (κ2) is 6.70. The third-order valence-corrected chi connectivity index (χ3v) is 5.11. The molecule has 1 amide bonds. The fraction of sp³-hybridized carbons (Fsp3) is 0.0588. The summed E-state index contributed by atoms with van der Waals surface area (Å²) in [5, 5.41) is 3.48. The zero-order chi connectivity index (χ0) is 18.0. The van der Waals surface area contributed by atoms with Crippen LogP contribution in [0.2, 0.25) is 5.02 Å². The van der Waals surface area contributed by atoms with E-state index in [1.807, 2.05) is 12.1 Å². The smallest absolute Gasteiger partial charge is 0.262 e. The minimum atomic E-state index is -3.86. The van der Waals surface area contributed by atoms with Crippen LogP contribution in [0.5, 0.6) is 0 Å². The number of hydrogen-bond donors (Lipinski definition) is 2. The van der Waals surface area contributed by atoms with Crippen LogP contribution < -0.4 is 10.0 Å². The summed E-state index contributed by atoms with van der Waals surface area (Å²) in [7, 11) is -3.86. The first-order valence-electron chi connectivity index (χ1n) is 7.30. The number of rotatable bonds is 4. The fourth-order valence-electron chi connectivity index (χ4n) is 2.34. The van der Waals surface area contributed by atoms with Crippen molar-refractivity contribution in [2.75, 3.05) is 10.0 Å². The lowest BCUT2D eigenvalue weighted by Gasteiger charge is -2.12. The molecule has 25 heavy (non-hydrogen) atoms. The van der Waals surface area contributed by atoms with Crippen LogP contribution in [0.25, 0.3) is 10.9 Å². The Morgan fingerprint density at radius 1 is 1.08 bits per heavy atom. The SMILES string of the molecule is CC(=O)Nc1ccc(S(=O)(=O)Nc2cccc3cccnc23)cc1Cl. The maximum Gasteiger partial charge on any atom is 0.262 e. The van der Waals surface area contributed by atoms with Gasteiger partial charge in [0.15, 0.2) is 0 Å². The molecule has 0 bridgehead atoms. The van der Waals surface area contributed by atoms with Gasteiger partial charge in [0, 0.05) is 18.5 Å². The molecule has 0 atom stereocenters. The Labute approximate surface area is 149 Å². The number of carbonyl (C=O) groups is 1. The molecule has 0 aliphatic heterocycles. The highest BCUT2D eigenvalue weighted by Crippen LogP contribution is 2.28. The number of nitrogens with zero attached hydrogens (tertiary/aromatic N) is 1. The Hall–Kier alpha value is -2.64. The molecule has 1 aromatic heterocycles. The van der Waals surface area contributed by atoms with E-state index in [0.717, 1.165) is 5.39 Å². The molecule has 0 unspecified atom stereocenters. The van der Waals surface area contributed by atoms with Gasteiger partial charge in [-0.2, -0.15) is 0 Å². The van der Waals surface area contributed by atoms with Gasteiger partial charge in [0.1, 0.15) is 0 Å². The predicted molar refractivity (Wildman–Crippen MR) is 98.3 cm³/mol. The standard InChI is InChI=1S/C17H14ClN3O3S/c1-11(22)20-15-8-7-13(10-14(15)18)25(23,24)21-16-6-2-4-12-5-3-9-19-17(12)16/h2-10,21H,1H3,(H,20,22). The summed E-state index contributed by atoms with van der Waals surface area (Å²) < 4.78 is 27.8. The van der Waals surface area contributed by atoms with Crippen LogP contribution in [0.15, 0.2) is 59.6 Å². The van der Waals surface area contributed by atoms with E-state index in [2.05, 4.69) is 15.0 Å².